The minimum atomic E-state index is -3.50. The van der Waals surface area contributed by atoms with Crippen molar-refractivity contribution in [3.63, 3.8) is 0 Å². The van der Waals surface area contributed by atoms with Crippen molar-refractivity contribution in [1.82, 2.24) is 0 Å². The second-order valence-corrected chi connectivity index (χ2v) is 36.0. The molecule has 3 aliphatic heterocycles. The van der Waals surface area contributed by atoms with Crippen molar-refractivity contribution in [2.24, 2.45) is 11.8 Å². The lowest BCUT2D eigenvalue weighted by molar-refractivity contribution is 0.0312. The van der Waals surface area contributed by atoms with Crippen molar-refractivity contribution in [2.45, 2.75) is 210 Å². The van der Waals surface area contributed by atoms with E-state index in [0.717, 1.165) is 29.5 Å². The van der Waals surface area contributed by atoms with Gasteiger partial charge in [0.2, 0.25) is 14.7 Å². The van der Waals surface area contributed by atoms with Crippen LogP contribution in [0.15, 0.2) is 72.8 Å². The van der Waals surface area contributed by atoms with Crippen molar-refractivity contribution in [3.8, 4) is 0 Å². The summed E-state index contributed by atoms with van der Waals surface area (Å²) in [5.41, 5.74) is 4.25. The highest BCUT2D eigenvalue weighted by atomic mass is 31.2. The van der Waals surface area contributed by atoms with E-state index in [1.54, 1.807) is 64.4 Å². The quantitative estimate of drug-likeness (QED) is 0.0589. The predicted molar refractivity (Wildman–Crippen MR) is 330 cm³/mol. The van der Waals surface area contributed by atoms with Crippen LogP contribution in [0.5, 0.6) is 0 Å². The molecule has 6 unspecified atom stereocenters. The van der Waals surface area contributed by atoms with E-state index in [4.69, 9.17) is 36.8 Å². The number of esters is 3. The van der Waals surface area contributed by atoms with Gasteiger partial charge >= 0.3 is 33.5 Å². The molecule has 0 aliphatic carbocycles. The summed E-state index contributed by atoms with van der Waals surface area (Å²) in [5, 5.41) is -1.57. The van der Waals surface area contributed by atoms with Gasteiger partial charge in [-0.1, -0.05) is 152 Å². The molecule has 0 amide bonds. The molecule has 3 heterocycles. The van der Waals surface area contributed by atoms with Crippen LogP contribution in [0.4, 0.5) is 0 Å². The summed E-state index contributed by atoms with van der Waals surface area (Å²) < 4.78 is 93.3. The van der Waals surface area contributed by atoms with Gasteiger partial charge in [-0.15, -0.1) is 4.52 Å². The minimum absolute atomic E-state index is 0.113. The maximum atomic E-state index is 13.5. The van der Waals surface area contributed by atoms with Gasteiger partial charge in [0.1, 0.15) is 24.9 Å². The lowest BCUT2D eigenvalue weighted by Crippen LogP contribution is -2.20. The molecule has 81 heavy (non-hydrogen) atoms. The first-order valence-electron chi connectivity index (χ1n) is 28.8. The summed E-state index contributed by atoms with van der Waals surface area (Å²) in [6, 6.07) is 21.8. The molecule has 0 aromatic heterocycles. The predicted octanol–water partition coefficient (Wildman–Crippen LogP) is 19.0. The SMILES string of the molecule is CC.CC.CC(C)(C)P(=O)(OCCC1OC(=O)c2ccccc21)OCCC1OC(=O)c2ccccc21.CC(C)(C)P(C)(=O)OCCC1OC(=O)c2ccccc21.CC(C)CCOP(C)(=O)C(C)(C)C.CC(C)CCO[P+](=O)C(C)(C)C. The summed E-state index contributed by atoms with van der Waals surface area (Å²) in [6.07, 6.45) is 2.09. The van der Waals surface area contributed by atoms with E-state index in [-0.39, 0.29) is 52.7 Å². The van der Waals surface area contributed by atoms with Gasteiger partial charge in [-0.2, -0.15) is 0 Å². The van der Waals surface area contributed by atoms with Gasteiger partial charge in [0.15, 0.2) is 5.16 Å². The minimum Gasteiger partial charge on any atom is -0.454 e. The molecule has 0 N–H and O–H groups in total. The zero-order chi connectivity index (χ0) is 62.4. The van der Waals surface area contributed by atoms with Gasteiger partial charge in [0.25, 0.3) is 0 Å². The van der Waals surface area contributed by atoms with Gasteiger partial charge < -0.3 is 32.3 Å². The van der Waals surface area contributed by atoms with Crippen LogP contribution in [0.3, 0.4) is 0 Å². The highest BCUT2D eigenvalue weighted by Gasteiger charge is 2.42. The summed E-state index contributed by atoms with van der Waals surface area (Å²) >= 11 is 0. The lowest BCUT2D eigenvalue weighted by Gasteiger charge is -2.30. The molecule has 0 radical (unpaired) electrons. The maximum Gasteiger partial charge on any atom is 0.513 e. The summed E-state index contributed by atoms with van der Waals surface area (Å²) in [4.78, 5) is 35.7. The van der Waals surface area contributed by atoms with Crippen molar-refractivity contribution in [3.05, 3.63) is 106 Å². The summed E-state index contributed by atoms with van der Waals surface area (Å²) in [7, 11) is -10.1. The molecule has 3 aliphatic rings. The number of rotatable bonds is 20. The molecule has 6 rings (SSSR count). The Morgan fingerprint density at radius 1 is 0.457 bits per heavy atom. The fraction of sp³-hybridized carbons (Fsp3) is 0.661. The first-order chi connectivity index (χ1) is 37.4. The van der Waals surface area contributed by atoms with E-state index in [1.165, 1.54) is 0 Å². The van der Waals surface area contributed by atoms with Gasteiger partial charge in [-0.25, -0.2) is 14.4 Å². The standard InChI is InChI=1S/C24H27O7P.C15H21O4P.C10H23O2P.C9H20O2P.2C2H6/c1-24(2,3)32(27,28-14-12-20-16-8-4-6-10-18(16)22(25)30-20)29-15-13-21-17-9-5-7-11-19(17)23(26)31-21;1-15(2,3)20(4,17)18-10-9-13-11-7-5-6-8-12(11)14(16)19-13;1-9(2)7-8-12-13(6,11)10(3,4)5;1-8(2)6-7-11-12(10)9(3,4)5;2*1-2/h4-11,20-21H,12-15H2,1-3H3;5-8,13H,9-10H2,1-4H3;9H,7-8H2,1-6H3;8H,6-7H2,1-5H3;2*1-2H3/q;;;+1;;. The van der Waals surface area contributed by atoms with Crippen LogP contribution in [0.2, 0.25) is 0 Å². The number of carbonyl (C=O) groups excluding carboxylic acids is 3. The van der Waals surface area contributed by atoms with E-state index in [1.807, 2.05) is 132 Å². The zero-order valence-electron chi connectivity index (χ0n) is 53.3. The molecule has 3 aromatic carbocycles. The Morgan fingerprint density at radius 3 is 1.02 bits per heavy atom. The van der Waals surface area contributed by atoms with E-state index in [2.05, 4.69) is 27.7 Å². The largest absolute Gasteiger partial charge is 0.513 e. The van der Waals surface area contributed by atoms with E-state index < -0.39 is 47.7 Å². The smallest absolute Gasteiger partial charge is 0.454 e. The molecule has 460 valence electrons. The number of hydrogen-bond donors (Lipinski definition) is 0. The highest BCUT2D eigenvalue weighted by molar-refractivity contribution is 7.60. The topological polar surface area (TPSA) is 193 Å². The van der Waals surface area contributed by atoms with Gasteiger partial charge in [-0.05, 0) is 89.0 Å². The summed E-state index contributed by atoms with van der Waals surface area (Å²) in [5.74, 6) is 0.230. The Labute approximate surface area is 489 Å². The van der Waals surface area contributed by atoms with Crippen LogP contribution < -0.4 is 0 Å². The number of ether oxygens (including phenoxy) is 3. The van der Waals surface area contributed by atoms with Crippen LogP contribution in [0, 0.1) is 11.8 Å². The number of cyclic esters (lactones) is 3. The lowest BCUT2D eigenvalue weighted by atomic mass is 10.0. The molecule has 6 atom stereocenters. The third-order valence-electron chi connectivity index (χ3n) is 13.1. The molecule has 0 saturated heterocycles. The van der Waals surface area contributed by atoms with Gasteiger partial charge in [0, 0.05) is 59.6 Å². The normalized spacial score (nSPS) is 18.7. The fourth-order valence-corrected chi connectivity index (χ4v) is 10.9. The molecule has 0 saturated carbocycles. The highest BCUT2D eigenvalue weighted by Crippen LogP contribution is 2.60. The van der Waals surface area contributed by atoms with Crippen LogP contribution >= 0.6 is 30.4 Å². The van der Waals surface area contributed by atoms with Crippen LogP contribution in [-0.2, 0) is 55.1 Å². The van der Waals surface area contributed by atoms with E-state index >= 15 is 0 Å². The number of benzene rings is 3. The average Bonchev–Trinajstić information content (AvgIpc) is 4.01. The fourth-order valence-electron chi connectivity index (χ4n) is 7.04. The molecular formula is C62H103O15P4+. The van der Waals surface area contributed by atoms with Crippen LogP contribution in [-0.4, -0.2) is 84.9 Å². The maximum absolute atomic E-state index is 13.5. The van der Waals surface area contributed by atoms with Gasteiger partial charge in [0.05, 0.1) is 48.3 Å². The number of fused-ring (bicyclic) bond motifs is 3. The van der Waals surface area contributed by atoms with Crippen molar-refractivity contribution in [1.29, 1.82) is 0 Å². The van der Waals surface area contributed by atoms with Crippen LogP contribution in [0.25, 0.3) is 0 Å². The summed E-state index contributed by atoms with van der Waals surface area (Å²) in [6.45, 7) is 44.5. The van der Waals surface area contributed by atoms with Crippen LogP contribution in [0.1, 0.15) is 237 Å². The Morgan fingerprint density at radius 2 is 0.741 bits per heavy atom. The van der Waals surface area contributed by atoms with Crippen molar-refractivity contribution < 1.29 is 69.5 Å². The second kappa shape index (κ2) is 34.0. The second-order valence-electron chi connectivity index (χ2n) is 24.5. The first-order valence-corrected chi connectivity index (χ1v) is 35.6. The monoisotopic (exact) mass is 1210 g/mol. The molecule has 0 fully saturated rings. The average molecular weight is 1210 g/mol. The number of hydrogen-bond acceptors (Lipinski definition) is 15. The Kier molecular flexibility index (Phi) is 31.7. The first kappa shape index (κ1) is 75.7. The van der Waals surface area contributed by atoms with Crippen molar-refractivity contribution >= 4 is 48.3 Å². The third-order valence-corrected chi connectivity index (χ3v) is 23.5. The molecule has 19 heteroatoms. The van der Waals surface area contributed by atoms with Crippen molar-refractivity contribution in [2.75, 3.05) is 46.4 Å². The van der Waals surface area contributed by atoms with Gasteiger partial charge in [-0.3, -0.25) is 13.7 Å². The molecular weight excluding hydrogens is 1110 g/mol. The van der Waals surface area contributed by atoms with E-state index in [9.17, 15) is 32.6 Å². The number of carbonyl (C=O) groups is 3. The Hall–Kier alpha value is -3.34. The molecule has 3 aromatic rings. The third kappa shape index (κ3) is 24.3. The Balaban J connectivity index is 0.000000575. The molecule has 0 bridgehead atoms. The Bertz CT molecular complexity index is 2510. The molecule has 15 nitrogen and oxygen atoms in total. The molecule has 0 spiro atoms. The zero-order valence-corrected chi connectivity index (χ0v) is 56.9. The van der Waals surface area contributed by atoms with E-state index in [0.29, 0.717) is 67.6 Å².